The van der Waals surface area contributed by atoms with Crippen LogP contribution in [0.5, 0.6) is 0 Å². The van der Waals surface area contributed by atoms with Crippen LogP contribution in [0.1, 0.15) is 22.8 Å². The quantitative estimate of drug-likeness (QED) is 0.674. The van der Waals surface area contributed by atoms with Crippen LogP contribution < -0.4 is 5.32 Å². The fraction of sp³-hybridized carbons (Fsp3) is 0.250. The van der Waals surface area contributed by atoms with Gasteiger partial charge in [0, 0.05) is 23.5 Å². The van der Waals surface area contributed by atoms with Crippen molar-refractivity contribution >= 4 is 29.0 Å². The third-order valence-electron chi connectivity index (χ3n) is 3.35. The fourth-order valence-corrected chi connectivity index (χ4v) is 2.17. The van der Waals surface area contributed by atoms with Gasteiger partial charge in [0.1, 0.15) is 0 Å². The summed E-state index contributed by atoms with van der Waals surface area (Å²) >= 11 is 5.90. The maximum atomic E-state index is 12.3. The van der Waals surface area contributed by atoms with Gasteiger partial charge in [-0.1, -0.05) is 17.7 Å². The Labute approximate surface area is 138 Å². The Kier molecular flexibility index (Phi) is 5.14. The molecule has 0 aliphatic rings. The molecular weight excluding hydrogens is 316 g/mol. The van der Waals surface area contributed by atoms with Gasteiger partial charge in [-0.2, -0.15) is 10.4 Å². The van der Waals surface area contributed by atoms with Crippen LogP contribution in [0.15, 0.2) is 30.6 Å². The molecule has 2 aromatic rings. The van der Waals surface area contributed by atoms with Crippen LogP contribution in [0.4, 0.5) is 5.69 Å². The minimum absolute atomic E-state index is 0.233. The second-order valence-corrected chi connectivity index (χ2v) is 5.40. The molecule has 7 heteroatoms. The molecule has 2 rings (SSSR count). The van der Waals surface area contributed by atoms with E-state index in [2.05, 4.69) is 10.4 Å². The number of anilines is 1. The van der Waals surface area contributed by atoms with Gasteiger partial charge in [-0.15, -0.1) is 0 Å². The zero-order valence-corrected chi connectivity index (χ0v) is 13.5. The molecule has 1 heterocycles. The molecule has 6 nitrogen and oxygen atoms in total. The Bertz CT molecular complexity index is 792. The van der Waals surface area contributed by atoms with Gasteiger partial charge in [-0.05, 0) is 31.5 Å². The molecule has 23 heavy (non-hydrogen) atoms. The number of nitriles is 1. The number of carbonyl (C=O) groups excluding carboxylic acids is 2. The highest BCUT2D eigenvalue weighted by molar-refractivity contribution is 6.31. The average Bonchev–Trinajstić information content (AvgIpc) is 3.00. The SMILES string of the molecule is CCn1cc(C(=O)[C@H](C#N)C(=O)Nc2cc(Cl)ccc2C)cn1. The number of ketones is 1. The lowest BCUT2D eigenvalue weighted by Crippen LogP contribution is -2.28. The Morgan fingerprint density at radius 3 is 2.83 bits per heavy atom. The summed E-state index contributed by atoms with van der Waals surface area (Å²) in [4.78, 5) is 24.6. The summed E-state index contributed by atoms with van der Waals surface area (Å²) in [5, 5.41) is 16.2. The summed E-state index contributed by atoms with van der Waals surface area (Å²) in [5.74, 6) is -2.71. The number of carbonyl (C=O) groups is 2. The predicted molar refractivity (Wildman–Crippen MR) is 86.2 cm³/mol. The number of aromatic nitrogens is 2. The molecule has 1 amide bonds. The predicted octanol–water partition coefficient (Wildman–Crippen LogP) is 2.83. The first-order valence-corrected chi connectivity index (χ1v) is 7.37. The summed E-state index contributed by atoms with van der Waals surface area (Å²) < 4.78 is 1.56. The first-order chi connectivity index (χ1) is 11.0. The molecule has 118 valence electrons. The zero-order chi connectivity index (χ0) is 17.0. The smallest absolute Gasteiger partial charge is 0.249 e. The number of nitrogens with one attached hydrogen (secondary N) is 1. The van der Waals surface area contributed by atoms with Crippen molar-refractivity contribution in [3.8, 4) is 6.07 Å². The van der Waals surface area contributed by atoms with E-state index in [0.29, 0.717) is 17.3 Å². The molecule has 0 saturated carbocycles. The molecule has 0 aliphatic carbocycles. The fourth-order valence-electron chi connectivity index (χ4n) is 2.00. The number of hydrogen-bond donors (Lipinski definition) is 1. The van der Waals surface area contributed by atoms with Crippen LogP contribution in [0, 0.1) is 24.2 Å². The van der Waals surface area contributed by atoms with Gasteiger partial charge in [0.15, 0.2) is 11.7 Å². The van der Waals surface area contributed by atoms with Crippen molar-refractivity contribution in [2.45, 2.75) is 20.4 Å². The second-order valence-electron chi connectivity index (χ2n) is 4.96. The third kappa shape index (κ3) is 3.76. The van der Waals surface area contributed by atoms with Crippen molar-refractivity contribution in [3.05, 3.63) is 46.7 Å². The van der Waals surface area contributed by atoms with Crippen molar-refractivity contribution in [3.63, 3.8) is 0 Å². The summed E-state index contributed by atoms with van der Waals surface area (Å²) in [6.07, 6.45) is 2.87. The summed E-state index contributed by atoms with van der Waals surface area (Å²) in [5.41, 5.74) is 1.49. The van der Waals surface area contributed by atoms with Crippen LogP contribution in [0.25, 0.3) is 0 Å². The molecule has 1 atom stereocenters. The highest BCUT2D eigenvalue weighted by Crippen LogP contribution is 2.21. The molecule has 0 saturated heterocycles. The van der Waals surface area contributed by atoms with Gasteiger partial charge in [0.25, 0.3) is 0 Å². The summed E-state index contributed by atoms with van der Waals surface area (Å²) in [7, 11) is 0. The lowest BCUT2D eigenvalue weighted by Gasteiger charge is -2.11. The largest absolute Gasteiger partial charge is 0.324 e. The van der Waals surface area contributed by atoms with Crippen LogP contribution in [0.3, 0.4) is 0 Å². The van der Waals surface area contributed by atoms with E-state index in [9.17, 15) is 14.9 Å². The van der Waals surface area contributed by atoms with Crippen LogP contribution in [-0.2, 0) is 11.3 Å². The molecule has 1 aromatic carbocycles. The Hall–Kier alpha value is -2.65. The number of benzene rings is 1. The lowest BCUT2D eigenvalue weighted by atomic mass is 10.00. The minimum Gasteiger partial charge on any atom is -0.324 e. The van der Waals surface area contributed by atoms with Gasteiger partial charge >= 0.3 is 0 Å². The van der Waals surface area contributed by atoms with Crippen molar-refractivity contribution in [2.24, 2.45) is 5.92 Å². The Morgan fingerprint density at radius 1 is 1.48 bits per heavy atom. The summed E-state index contributed by atoms with van der Waals surface area (Å²) in [6, 6.07) is 6.76. The van der Waals surface area contributed by atoms with E-state index >= 15 is 0 Å². The van der Waals surface area contributed by atoms with E-state index in [1.165, 1.54) is 12.4 Å². The Balaban J connectivity index is 2.20. The molecule has 1 aromatic heterocycles. The second kappa shape index (κ2) is 7.07. The number of nitrogens with zero attached hydrogens (tertiary/aromatic N) is 3. The first kappa shape index (κ1) is 16.7. The van der Waals surface area contributed by atoms with Gasteiger partial charge in [0.2, 0.25) is 5.91 Å². The number of rotatable bonds is 5. The number of Topliss-reactive ketones (excluding diaryl/α,β-unsaturated/α-hetero) is 1. The van der Waals surface area contributed by atoms with Crippen molar-refractivity contribution in [1.29, 1.82) is 5.26 Å². The molecular formula is C16H15ClN4O2. The number of hydrogen-bond acceptors (Lipinski definition) is 4. The normalized spacial score (nSPS) is 11.6. The molecule has 0 spiro atoms. The summed E-state index contributed by atoms with van der Waals surface area (Å²) in [6.45, 7) is 4.26. The highest BCUT2D eigenvalue weighted by Gasteiger charge is 2.28. The van der Waals surface area contributed by atoms with Gasteiger partial charge in [-0.25, -0.2) is 0 Å². The van der Waals surface area contributed by atoms with E-state index in [-0.39, 0.29) is 5.56 Å². The number of halogens is 1. The van der Waals surface area contributed by atoms with Crippen molar-refractivity contribution in [1.82, 2.24) is 9.78 Å². The van der Waals surface area contributed by atoms with Gasteiger partial charge in [-0.3, -0.25) is 14.3 Å². The molecule has 0 unspecified atom stereocenters. The molecule has 0 aliphatic heterocycles. The van der Waals surface area contributed by atoms with Crippen molar-refractivity contribution in [2.75, 3.05) is 5.32 Å². The molecule has 0 bridgehead atoms. The minimum atomic E-state index is -1.44. The number of aryl methyl sites for hydroxylation is 2. The lowest BCUT2D eigenvalue weighted by molar-refractivity contribution is -0.117. The number of amides is 1. The third-order valence-corrected chi connectivity index (χ3v) is 3.59. The van der Waals surface area contributed by atoms with Crippen LogP contribution in [0.2, 0.25) is 5.02 Å². The van der Waals surface area contributed by atoms with Gasteiger partial charge in [0.05, 0.1) is 17.8 Å². The van der Waals surface area contributed by atoms with E-state index in [0.717, 1.165) is 5.56 Å². The topological polar surface area (TPSA) is 87.8 Å². The van der Waals surface area contributed by atoms with E-state index < -0.39 is 17.6 Å². The average molecular weight is 331 g/mol. The zero-order valence-electron chi connectivity index (χ0n) is 12.7. The molecule has 1 N–H and O–H groups in total. The maximum Gasteiger partial charge on any atom is 0.249 e. The van der Waals surface area contributed by atoms with Crippen LogP contribution in [-0.4, -0.2) is 21.5 Å². The highest BCUT2D eigenvalue weighted by atomic mass is 35.5. The Morgan fingerprint density at radius 2 is 2.22 bits per heavy atom. The molecule has 0 fully saturated rings. The first-order valence-electron chi connectivity index (χ1n) is 6.99. The van der Waals surface area contributed by atoms with E-state index in [4.69, 9.17) is 11.6 Å². The van der Waals surface area contributed by atoms with Crippen molar-refractivity contribution < 1.29 is 9.59 Å². The molecule has 0 radical (unpaired) electrons. The van der Waals surface area contributed by atoms with E-state index in [1.807, 2.05) is 6.92 Å². The van der Waals surface area contributed by atoms with Crippen LogP contribution >= 0.6 is 11.6 Å². The standard InChI is InChI=1S/C16H15ClN4O2/c1-3-21-9-11(8-19-21)15(22)13(7-18)16(23)20-14-6-12(17)5-4-10(14)2/h4-6,8-9,13H,3H2,1-2H3,(H,20,23)/t13-/m0/s1. The van der Waals surface area contributed by atoms with E-state index in [1.54, 1.807) is 35.9 Å². The maximum absolute atomic E-state index is 12.3. The monoisotopic (exact) mass is 330 g/mol. The van der Waals surface area contributed by atoms with Gasteiger partial charge < -0.3 is 5.32 Å².